The summed E-state index contributed by atoms with van der Waals surface area (Å²) in [5.41, 5.74) is 1.74. The van der Waals surface area contributed by atoms with Gasteiger partial charge in [-0.15, -0.1) is 0 Å². The van der Waals surface area contributed by atoms with Crippen LogP contribution in [0.25, 0.3) is 0 Å². The fourth-order valence-corrected chi connectivity index (χ4v) is 1.98. The first-order valence-corrected chi connectivity index (χ1v) is 6.96. The second-order valence-corrected chi connectivity index (χ2v) is 4.60. The van der Waals surface area contributed by atoms with Crippen molar-refractivity contribution >= 4 is 11.6 Å². The van der Waals surface area contributed by atoms with Gasteiger partial charge in [0.05, 0.1) is 13.7 Å². The molecule has 2 aromatic rings. The Morgan fingerprint density at radius 3 is 2.68 bits per heavy atom. The lowest BCUT2D eigenvalue weighted by atomic mass is 10.1. The molecule has 0 aromatic heterocycles. The smallest absolute Gasteiger partial charge is 0.255 e. The largest absolute Gasteiger partial charge is 0.494 e. The molecule has 116 valence electrons. The summed E-state index contributed by atoms with van der Waals surface area (Å²) in [7, 11) is 1.38. The highest BCUT2D eigenvalue weighted by atomic mass is 19.1. The van der Waals surface area contributed by atoms with E-state index in [9.17, 15) is 9.18 Å². The molecule has 2 aromatic carbocycles. The minimum Gasteiger partial charge on any atom is -0.494 e. The number of hydrogen-bond acceptors (Lipinski definition) is 3. The van der Waals surface area contributed by atoms with Crippen molar-refractivity contribution in [1.29, 1.82) is 0 Å². The molecular weight excluding hydrogens is 285 g/mol. The number of rotatable bonds is 6. The van der Waals surface area contributed by atoms with Gasteiger partial charge in [-0.25, -0.2) is 4.39 Å². The molecule has 0 atom stereocenters. The van der Waals surface area contributed by atoms with Gasteiger partial charge in [0.1, 0.15) is 0 Å². The van der Waals surface area contributed by atoms with Crippen LogP contribution in [0.4, 0.5) is 10.1 Å². The zero-order valence-electron chi connectivity index (χ0n) is 12.6. The van der Waals surface area contributed by atoms with Crippen molar-refractivity contribution in [1.82, 2.24) is 0 Å². The molecule has 1 N–H and O–H groups in total. The standard InChI is InChI=1S/C17H18FNO3/c1-3-22-11-13-6-4-5-7-15(13)19-17(20)12-8-9-16(21-2)14(18)10-12/h4-10H,3,11H2,1-2H3,(H,19,20). The van der Waals surface area contributed by atoms with Crippen LogP contribution in [0, 0.1) is 5.82 Å². The summed E-state index contributed by atoms with van der Waals surface area (Å²) in [6.07, 6.45) is 0. The molecule has 4 nitrogen and oxygen atoms in total. The first kappa shape index (κ1) is 16.0. The van der Waals surface area contributed by atoms with Crippen molar-refractivity contribution in [3.05, 3.63) is 59.4 Å². The number of benzene rings is 2. The minimum absolute atomic E-state index is 0.105. The van der Waals surface area contributed by atoms with E-state index < -0.39 is 5.82 Å². The van der Waals surface area contributed by atoms with Crippen LogP contribution in [0.2, 0.25) is 0 Å². The number of anilines is 1. The van der Waals surface area contributed by atoms with Crippen LogP contribution < -0.4 is 10.1 Å². The second-order valence-electron chi connectivity index (χ2n) is 4.60. The van der Waals surface area contributed by atoms with Crippen molar-refractivity contribution in [2.24, 2.45) is 0 Å². The molecular formula is C17H18FNO3. The number of carbonyl (C=O) groups is 1. The molecule has 0 fully saturated rings. The number of para-hydroxylation sites is 1. The number of carbonyl (C=O) groups excluding carboxylic acids is 1. The van der Waals surface area contributed by atoms with Crippen LogP contribution in [-0.4, -0.2) is 19.6 Å². The average Bonchev–Trinajstić information content (AvgIpc) is 2.54. The van der Waals surface area contributed by atoms with E-state index in [1.54, 1.807) is 6.07 Å². The maximum atomic E-state index is 13.7. The summed E-state index contributed by atoms with van der Waals surface area (Å²) >= 11 is 0. The van der Waals surface area contributed by atoms with Crippen molar-refractivity contribution in [3.63, 3.8) is 0 Å². The Morgan fingerprint density at radius 1 is 1.23 bits per heavy atom. The zero-order valence-corrected chi connectivity index (χ0v) is 12.6. The molecule has 0 aliphatic heterocycles. The highest BCUT2D eigenvalue weighted by Gasteiger charge is 2.12. The molecule has 0 radical (unpaired) electrons. The minimum atomic E-state index is -0.572. The van der Waals surface area contributed by atoms with Crippen LogP contribution in [-0.2, 0) is 11.3 Å². The fraction of sp³-hybridized carbons (Fsp3) is 0.235. The maximum Gasteiger partial charge on any atom is 0.255 e. The van der Waals surface area contributed by atoms with Gasteiger partial charge in [0, 0.05) is 23.4 Å². The van der Waals surface area contributed by atoms with Crippen LogP contribution >= 0.6 is 0 Å². The van der Waals surface area contributed by atoms with Gasteiger partial charge in [0.25, 0.3) is 5.91 Å². The Balaban J connectivity index is 2.16. The maximum absolute atomic E-state index is 13.7. The summed E-state index contributed by atoms with van der Waals surface area (Å²) in [4.78, 5) is 12.2. The number of ether oxygens (including phenoxy) is 2. The second kappa shape index (κ2) is 7.56. The summed E-state index contributed by atoms with van der Waals surface area (Å²) in [5, 5.41) is 2.77. The lowest BCUT2D eigenvalue weighted by molar-refractivity contribution is 0.102. The van der Waals surface area contributed by atoms with Crippen molar-refractivity contribution in [2.75, 3.05) is 19.0 Å². The predicted octanol–water partition coefficient (Wildman–Crippen LogP) is 3.62. The van der Waals surface area contributed by atoms with Gasteiger partial charge in [-0.3, -0.25) is 4.79 Å². The summed E-state index contributed by atoms with van der Waals surface area (Å²) in [6, 6.07) is 11.4. The summed E-state index contributed by atoms with van der Waals surface area (Å²) in [5.74, 6) is -0.850. The van der Waals surface area contributed by atoms with E-state index in [0.717, 1.165) is 11.6 Å². The third-order valence-electron chi connectivity index (χ3n) is 3.14. The molecule has 0 spiro atoms. The predicted molar refractivity (Wildman–Crippen MR) is 82.7 cm³/mol. The number of methoxy groups -OCH3 is 1. The first-order valence-electron chi connectivity index (χ1n) is 6.96. The third-order valence-corrected chi connectivity index (χ3v) is 3.14. The molecule has 0 heterocycles. The van der Waals surface area contributed by atoms with Gasteiger partial charge in [-0.2, -0.15) is 0 Å². The summed E-state index contributed by atoms with van der Waals surface area (Å²) in [6.45, 7) is 2.90. The van der Waals surface area contributed by atoms with Crippen molar-refractivity contribution in [2.45, 2.75) is 13.5 Å². The lowest BCUT2D eigenvalue weighted by Crippen LogP contribution is -2.14. The Morgan fingerprint density at radius 2 is 2.00 bits per heavy atom. The van der Waals surface area contributed by atoms with Gasteiger partial charge in [-0.05, 0) is 31.2 Å². The van der Waals surface area contributed by atoms with Crippen LogP contribution in [0.3, 0.4) is 0 Å². The molecule has 0 aliphatic carbocycles. The van der Waals surface area contributed by atoms with E-state index in [1.807, 2.05) is 25.1 Å². The van der Waals surface area contributed by atoms with Crippen molar-refractivity contribution in [3.8, 4) is 5.75 Å². The molecule has 0 bridgehead atoms. The molecule has 5 heteroatoms. The summed E-state index contributed by atoms with van der Waals surface area (Å²) < 4.78 is 23.9. The van der Waals surface area contributed by atoms with E-state index in [4.69, 9.17) is 9.47 Å². The Hall–Kier alpha value is -2.40. The monoisotopic (exact) mass is 303 g/mol. The third kappa shape index (κ3) is 3.83. The number of halogens is 1. The average molecular weight is 303 g/mol. The normalized spacial score (nSPS) is 10.3. The molecule has 1 amide bonds. The SMILES string of the molecule is CCOCc1ccccc1NC(=O)c1ccc(OC)c(F)c1. The number of hydrogen-bond donors (Lipinski definition) is 1. The zero-order chi connectivity index (χ0) is 15.9. The van der Waals surface area contributed by atoms with E-state index in [2.05, 4.69) is 5.32 Å². The van der Waals surface area contributed by atoms with Gasteiger partial charge in [0.2, 0.25) is 0 Å². The van der Waals surface area contributed by atoms with E-state index >= 15 is 0 Å². The van der Waals surface area contributed by atoms with Gasteiger partial charge in [0.15, 0.2) is 11.6 Å². The van der Waals surface area contributed by atoms with Gasteiger partial charge in [-0.1, -0.05) is 18.2 Å². The topological polar surface area (TPSA) is 47.6 Å². The van der Waals surface area contributed by atoms with Crippen LogP contribution in [0.15, 0.2) is 42.5 Å². The van der Waals surface area contributed by atoms with Gasteiger partial charge < -0.3 is 14.8 Å². The molecule has 2 rings (SSSR count). The molecule has 0 saturated carbocycles. The number of amides is 1. The Kier molecular flexibility index (Phi) is 5.49. The Bertz CT molecular complexity index is 658. The molecule has 0 aliphatic rings. The lowest BCUT2D eigenvalue weighted by Gasteiger charge is -2.11. The van der Waals surface area contributed by atoms with E-state index in [0.29, 0.717) is 18.9 Å². The Labute approximate surface area is 128 Å². The highest BCUT2D eigenvalue weighted by Crippen LogP contribution is 2.20. The highest BCUT2D eigenvalue weighted by molar-refractivity contribution is 6.04. The first-order chi connectivity index (χ1) is 10.7. The van der Waals surface area contributed by atoms with Crippen LogP contribution in [0.5, 0.6) is 5.75 Å². The molecule has 0 unspecified atom stereocenters. The van der Waals surface area contributed by atoms with E-state index in [1.165, 1.54) is 19.2 Å². The quantitative estimate of drug-likeness (QED) is 0.886. The van der Waals surface area contributed by atoms with Crippen LogP contribution in [0.1, 0.15) is 22.8 Å². The fourth-order valence-electron chi connectivity index (χ4n) is 1.98. The van der Waals surface area contributed by atoms with Crippen molar-refractivity contribution < 1.29 is 18.7 Å². The molecule has 22 heavy (non-hydrogen) atoms. The van der Waals surface area contributed by atoms with E-state index in [-0.39, 0.29) is 17.2 Å². The number of nitrogens with one attached hydrogen (secondary N) is 1. The molecule has 0 saturated heterocycles. The van der Waals surface area contributed by atoms with Gasteiger partial charge >= 0.3 is 0 Å².